The molecule has 0 amide bonds. The molecule has 0 radical (unpaired) electrons. The number of hydrogen-bond acceptors (Lipinski definition) is 4. The summed E-state index contributed by atoms with van der Waals surface area (Å²) >= 11 is 0. The van der Waals surface area contributed by atoms with Crippen molar-refractivity contribution in [2.24, 2.45) is 0 Å². The molecule has 0 N–H and O–H groups in total. The number of ether oxygens (including phenoxy) is 1. The van der Waals surface area contributed by atoms with Gasteiger partial charge >= 0.3 is 5.97 Å². The number of benzene rings is 1. The Labute approximate surface area is 115 Å². The predicted molar refractivity (Wildman–Crippen MR) is 56.2 cm³/mol. The second-order valence-electron chi connectivity index (χ2n) is 4.69. The molecule has 2 aliphatic rings. The summed E-state index contributed by atoms with van der Waals surface area (Å²) in [5.41, 5.74) is 0. The van der Waals surface area contributed by atoms with Crippen LogP contribution in [0.1, 0.15) is 19.3 Å². The molecular weight excluding hydrogens is 301 g/mol. The van der Waals surface area contributed by atoms with E-state index in [0.717, 1.165) is 0 Å². The van der Waals surface area contributed by atoms with Gasteiger partial charge in [-0.1, -0.05) is 0 Å². The summed E-state index contributed by atoms with van der Waals surface area (Å²) in [7, 11) is 0. The van der Waals surface area contributed by atoms with Crippen LogP contribution in [0, 0.1) is 29.1 Å². The SMILES string of the molecule is O=C(Oc1c(F)c(F)c(F)c(F)c1F)C1CCCC2ON21. The lowest BCUT2D eigenvalue weighted by Gasteiger charge is -2.18. The van der Waals surface area contributed by atoms with Crippen LogP contribution in [-0.2, 0) is 9.63 Å². The van der Waals surface area contributed by atoms with Crippen LogP contribution in [0.15, 0.2) is 0 Å². The highest BCUT2D eigenvalue weighted by molar-refractivity contribution is 5.78. The summed E-state index contributed by atoms with van der Waals surface area (Å²) in [6.45, 7) is 0. The third-order valence-corrected chi connectivity index (χ3v) is 3.36. The minimum atomic E-state index is -2.31. The first-order valence-corrected chi connectivity index (χ1v) is 6.10. The Hall–Kier alpha value is -1.74. The zero-order chi connectivity index (χ0) is 15.3. The zero-order valence-electron chi connectivity index (χ0n) is 10.3. The summed E-state index contributed by atoms with van der Waals surface area (Å²) < 4.78 is 70.0. The molecule has 21 heavy (non-hydrogen) atoms. The van der Waals surface area contributed by atoms with Crippen LogP contribution in [0.2, 0.25) is 0 Å². The van der Waals surface area contributed by atoms with Gasteiger partial charge in [0, 0.05) is 0 Å². The fraction of sp³-hybridized carbons (Fsp3) is 0.417. The van der Waals surface area contributed by atoms with Gasteiger partial charge in [-0.2, -0.15) is 8.78 Å². The van der Waals surface area contributed by atoms with Crippen molar-refractivity contribution in [3.63, 3.8) is 0 Å². The average molecular weight is 309 g/mol. The molecule has 0 spiro atoms. The monoisotopic (exact) mass is 309 g/mol. The first-order chi connectivity index (χ1) is 9.91. The van der Waals surface area contributed by atoms with E-state index < -0.39 is 46.8 Å². The molecule has 2 saturated heterocycles. The molecule has 2 aliphatic heterocycles. The molecule has 3 unspecified atom stereocenters. The number of hydrogen-bond donors (Lipinski definition) is 0. The molecule has 1 aromatic rings. The first kappa shape index (κ1) is 14.2. The van der Waals surface area contributed by atoms with Gasteiger partial charge in [0.25, 0.3) is 0 Å². The molecule has 114 valence electrons. The van der Waals surface area contributed by atoms with Crippen molar-refractivity contribution in [2.75, 3.05) is 0 Å². The quantitative estimate of drug-likeness (QED) is 0.210. The highest BCUT2D eigenvalue weighted by Gasteiger charge is 2.49. The van der Waals surface area contributed by atoms with Crippen molar-refractivity contribution < 1.29 is 36.3 Å². The molecular formula is C12H8F5NO3. The van der Waals surface area contributed by atoms with Crippen LogP contribution < -0.4 is 4.74 Å². The van der Waals surface area contributed by atoms with Crippen LogP contribution in [0.3, 0.4) is 0 Å². The molecule has 0 bridgehead atoms. The fourth-order valence-corrected chi connectivity index (χ4v) is 2.25. The van der Waals surface area contributed by atoms with Gasteiger partial charge in [-0.15, -0.1) is 5.06 Å². The third kappa shape index (κ3) is 2.26. The Bertz CT molecular complexity index is 594. The number of esters is 1. The molecule has 9 heteroatoms. The van der Waals surface area contributed by atoms with E-state index in [9.17, 15) is 26.7 Å². The van der Waals surface area contributed by atoms with Crippen LogP contribution in [0.5, 0.6) is 5.75 Å². The maximum atomic E-state index is 13.4. The molecule has 0 aliphatic carbocycles. The van der Waals surface area contributed by atoms with Crippen molar-refractivity contribution in [1.29, 1.82) is 0 Å². The maximum Gasteiger partial charge on any atom is 0.331 e. The zero-order valence-corrected chi connectivity index (χ0v) is 10.3. The van der Waals surface area contributed by atoms with Gasteiger partial charge in [0.15, 0.2) is 6.23 Å². The lowest BCUT2D eigenvalue weighted by Crippen LogP contribution is -2.36. The number of halogens is 5. The van der Waals surface area contributed by atoms with E-state index in [0.29, 0.717) is 19.3 Å². The minimum absolute atomic E-state index is 0.257. The summed E-state index contributed by atoms with van der Waals surface area (Å²) in [5, 5.41) is 1.28. The van der Waals surface area contributed by atoms with Crippen LogP contribution in [0.4, 0.5) is 22.0 Å². The van der Waals surface area contributed by atoms with E-state index in [-0.39, 0.29) is 6.23 Å². The number of piperidine rings is 1. The Balaban J connectivity index is 1.86. The number of carbonyl (C=O) groups is 1. The van der Waals surface area contributed by atoms with E-state index in [4.69, 9.17) is 4.84 Å². The number of fused-ring (bicyclic) bond motifs is 1. The first-order valence-electron chi connectivity index (χ1n) is 6.10. The molecule has 3 rings (SSSR count). The Morgan fingerprint density at radius 3 is 2.19 bits per heavy atom. The highest BCUT2D eigenvalue weighted by atomic mass is 19.2. The van der Waals surface area contributed by atoms with Crippen molar-refractivity contribution in [3.8, 4) is 5.75 Å². The topological polar surface area (TPSA) is 41.8 Å². The summed E-state index contributed by atoms with van der Waals surface area (Å²) in [5.74, 6) is -13.7. The fourth-order valence-electron chi connectivity index (χ4n) is 2.25. The van der Waals surface area contributed by atoms with Gasteiger partial charge in [-0.25, -0.2) is 18.0 Å². The molecule has 3 atom stereocenters. The van der Waals surface area contributed by atoms with Crippen molar-refractivity contribution in [1.82, 2.24) is 5.06 Å². The van der Waals surface area contributed by atoms with Crippen molar-refractivity contribution in [3.05, 3.63) is 29.1 Å². The van der Waals surface area contributed by atoms with Gasteiger partial charge in [0.05, 0.1) is 0 Å². The highest BCUT2D eigenvalue weighted by Crippen LogP contribution is 2.37. The lowest BCUT2D eigenvalue weighted by atomic mass is 10.1. The largest absolute Gasteiger partial charge is 0.419 e. The summed E-state index contributed by atoms with van der Waals surface area (Å²) in [4.78, 5) is 16.8. The average Bonchev–Trinajstić information content (AvgIpc) is 3.26. The van der Waals surface area contributed by atoms with E-state index in [1.165, 1.54) is 5.06 Å². The van der Waals surface area contributed by atoms with Gasteiger partial charge in [-0.05, 0) is 19.3 Å². The number of hydroxylamine groups is 2. The van der Waals surface area contributed by atoms with Crippen LogP contribution >= 0.6 is 0 Å². The van der Waals surface area contributed by atoms with E-state index in [1.54, 1.807) is 0 Å². The van der Waals surface area contributed by atoms with E-state index in [2.05, 4.69) is 4.74 Å². The summed E-state index contributed by atoms with van der Waals surface area (Å²) in [6, 6.07) is -0.918. The van der Waals surface area contributed by atoms with Crippen LogP contribution in [-0.4, -0.2) is 23.3 Å². The number of rotatable bonds is 2. The van der Waals surface area contributed by atoms with Gasteiger partial charge in [0.2, 0.25) is 34.8 Å². The van der Waals surface area contributed by atoms with Gasteiger partial charge in [0.1, 0.15) is 6.04 Å². The number of carbonyl (C=O) groups excluding carboxylic acids is 1. The predicted octanol–water partition coefficient (Wildman–Crippen LogP) is 2.41. The minimum Gasteiger partial charge on any atom is -0.419 e. The molecule has 0 aromatic heterocycles. The Morgan fingerprint density at radius 2 is 1.57 bits per heavy atom. The second-order valence-corrected chi connectivity index (χ2v) is 4.69. The van der Waals surface area contributed by atoms with Gasteiger partial charge in [-0.3, -0.25) is 4.84 Å². The second kappa shape index (κ2) is 4.92. The molecule has 2 fully saturated rings. The molecule has 1 aromatic carbocycles. The standard InChI is InChI=1S/C12H8F5NO3/c13-6-7(14)9(16)11(10(17)8(6)15)20-12(19)4-2-1-3-5-18(4)21-5/h4-5H,1-3H2. The smallest absolute Gasteiger partial charge is 0.331 e. The normalized spacial score (nSPS) is 27.2. The maximum absolute atomic E-state index is 13.4. The van der Waals surface area contributed by atoms with E-state index >= 15 is 0 Å². The molecule has 2 heterocycles. The Morgan fingerprint density at radius 1 is 1.00 bits per heavy atom. The van der Waals surface area contributed by atoms with Gasteiger partial charge < -0.3 is 4.74 Å². The Kier molecular flexibility index (Phi) is 3.33. The molecule has 4 nitrogen and oxygen atoms in total. The van der Waals surface area contributed by atoms with Crippen molar-refractivity contribution in [2.45, 2.75) is 31.5 Å². The number of nitrogens with zero attached hydrogens (tertiary/aromatic N) is 1. The third-order valence-electron chi connectivity index (χ3n) is 3.36. The molecule has 0 saturated carbocycles. The van der Waals surface area contributed by atoms with E-state index in [1.807, 2.05) is 0 Å². The van der Waals surface area contributed by atoms with Crippen LogP contribution in [0.25, 0.3) is 0 Å². The van der Waals surface area contributed by atoms with Crippen molar-refractivity contribution >= 4 is 5.97 Å². The summed E-state index contributed by atoms with van der Waals surface area (Å²) in [6.07, 6.45) is 1.38. The lowest BCUT2D eigenvalue weighted by molar-refractivity contribution is -0.141.